The maximum atomic E-state index is 12.7. The van der Waals surface area contributed by atoms with Crippen LogP contribution < -0.4 is 0 Å². The van der Waals surface area contributed by atoms with Crippen LogP contribution in [0.4, 0.5) is 22.0 Å². The molecule has 0 bridgehead atoms. The van der Waals surface area contributed by atoms with Gasteiger partial charge in [0.25, 0.3) is 6.43 Å². The number of hydrogen-bond acceptors (Lipinski definition) is 4. The number of hydrogen-bond donors (Lipinski definition) is 0. The van der Waals surface area contributed by atoms with E-state index in [1.165, 1.54) is 6.07 Å². The van der Waals surface area contributed by atoms with Crippen molar-refractivity contribution >= 4 is 5.97 Å². The van der Waals surface area contributed by atoms with Gasteiger partial charge in [-0.1, -0.05) is 0 Å². The Morgan fingerprint density at radius 3 is 2.42 bits per heavy atom. The fourth-order valence-corrected chi connectivity index (χ4v) is 1.32. The molecule has 0 atom stereocenters. The second kappa shape index (κ2) is 5.17. The van der Waals surface area contributed by atoms with E-state index in [-0.39, 0.29) is 6.07 Å². The first kappa shape index (κ1) is 14.8. The minimum absolute atomic E-state index is 0.220. The van der Waals surface area contributed by atoms with Crippen LogP contribution in [0.3, 0.4) is 0 Å². The minimum Gasteiger partial charge on any atom is -0.465 e. The Morgan fingerprint density at radius 1 is 1.47 bits per heavy atom. The largest absolute Gasteiger partial charge is 0.465 e. The predicted molar refractivity (Wildman–Crippen MR) is 50.3 cm³/mol. The molecule has 0 spiro atoms. The average Bonchev–Trinajstić information content (AvgIpc) is 2.34. The monoisotopic (exact) mass is 280 g/mol. The zero-order valence-corrected chi connectivity index (χ0v) is 9.26. The highest BCUT2D eigenvalue weighted by atomic mass is 19.4. The summed E-state index contributed by atoms with van der Waals surface area (Å²) in [5.41, 5.74) is -5.36. The van der Waals surface area contributed by atoms with Gasteiger partial charge in [-0.05, 0) is 6.07 Å². The first-order valence-corrected chi connectivity index (χ1v) is 4.61. The molecule has 0 aromatic carbocycles. The van der Waals surface area contributed by atoms with Gasteiger partial charge in [0.05, 0.1) is 18.2 Å². The number of nitrogens with zero attached hydrogens (tertiary/aromatic N) is 2. The molecule has 0 unspecified atom stereocenters. The van der Waals surface area contributed by atoms with E-state index in [2.05, 4.69) is 9.72 Å². The van der Waals surface area contributed by atoms with E-state index >= 15 is 0 Å². The fraction of sp³-hybridized carbons (Fsp3) is 0.300. The third-order valence-electron chi connectivity index (χ3n) is 2.06. The molecule has 19 heavy (non-hydrogen) atoms. The van der Waals surface area contributed by atoms with Crippen LogP contribution in [-0.2, 0) is 10.9 Å². The van der Waals surface area contributed by atoms with Crippen molar-refractivity contribution in [3.05, 3.63) is 28.6 Å². The number of ether oxygens (including phenoxy) is 1. The standard InChI is InChI=1S/C10H5F5N2O2/c1-19-9(18)6-5(10(13,14)15)2-4(3-16)17-7(6)8(11)12/h2,8H,1H3. The number of pyridine rings is 1. The van der Waals surface area contributed by atoms with Gasteiger partial charge in [-0.3, -0.25) is 0 Å². The molecular weight excluding hydrogens is 275 g/mol. The van der Waals surface area contributed by atoms with Crippen molar-refractivity contribution in [1.82, 2.24) is 4.98 Å². The van der Waals surface area contributed by atoms with Crippen LogP contribution in [-0.4, -0.2) is 18.1 Å². The summed E-state index contributed by atoms with van der Waals surface area (Å²) in [6.45, 7) is 0. The highest BCUT2D eigenvalue weighted by molar-refractivity contribution is 5.92. The van der Waals surface area contributed by atoms with Crippen LogP contribution >= 0.6 is 0 Å². The van der Waals surface area contributed by atoms with E-state index in [0.717, 1.165) is 7.11 Å². The third kappa shape index (κ3) is 2.96. The van der Waals surface area contributed by atoms with E-state index in [1.54, 1.807) is 0 Å². The molecule has 0 radical (unpaired) electrons. The molecule has 0 N–H and O–H groups in total. The maximum Gasteiger partial charge on any atom is 0.417 e. The molecule has 102 valence electrons. The molecule has 0 saturated carbocycles. The van der Waals surface area contributed by atoms with Crippen molar-refractivity contribution in [2.24, 2.45) is 0 Å². The zero-order chi connectivity index (χ0) is 14.8. The van der Waals surface area contributed by atoms with E-state index in [0.29, 0.717) is 0 Å². The summed E-state index contributed by atoms with van der Waals surface area (Å²) in [7, 11) is 0.746. The van der Waals surface area contributed by atoms with Crippen molar-refractivity contribution in [2.45, 2.75) is 12.6 Å². The van der Waals surface area contributed by atoms with Crippen molar-refractivity contribution in [2.75, 3.05) is 7.11 Å². The Hall–Kier alpha value is -2.24. The van der Waals surface area contributed by atoms with Gasteiger partial charge in [-0.25, -0.2) is 18.6 Å². The lowest BCUT2D eigenvalue weighted by molar-refractivity contribution is -0.138. The lowest BCUT2D eigenvalue weighted by Crippen LogP contribution is -2.19. The number of rotatable bonds is 2. The summed E-state index contributed by atoms with van der Waals surface area (Å²) in [6, 6.07) is 1.44. The van der Waals surface area contributed by atoms with Gasteiger partial charge in [0, 0.05) is 0 Å². The summed E-state index contributed by atoms with van der Waals surface area (Å²) in [4.78, 5) is 14.2. The van der Waals surface area contributed by atoms with Crippen LogP contribution in [0.5, 0.6) is 0 Å². The molecule has 9 heteroatoms. The van der Waals surface area contributed by atoms with Crippen LogP contribution in [0.2, 0.25) is 0 Å². The van der Waals surface area contributed by atoms with E-state index in [9.17, 15) is 26.7 Å². The molecule has 1 rings (SSSR count). The lowest BCUT2D eigenvalue weighted by Gasteiger charge is -2.14. The van der Waals surface area contributed by atoms with Gasteiger partial charge >= 0.3 is 12.1 Å². The number of carbonyl (C=O) groups excluding carboxylic acids is 1. The maximum absolute atomic E-state index is 12.7. The normalized spacial score (nSPS) is 11.3. The number of methoxy groups -OCH3 is 1. The Labute approximate surface area is 103 Å². The Balaban J connectivity index is 3.73. The van der Waals surface area contributed by atoms with Gasteiger partial charge in [0.1, 0.15) is 17.5 Å². The summed E-state index contributed by atoms with van der Waals surface area (Å²) in [5, 5.41) is 8.48. The van der Waals surface area contributed by atoms with Crippen LogP contribution in [0.1, 0.15) is 33.7 Å². The fourth-order valence-electron chi connectivity index (χ4n) is 1.32. The van der Waals surface area contributed by atoms with Gasteiger partial charge in [-0.15, -0.1) is 0 Å². The second-order valence-corrected chi connectivity index (χ2v) is 3.22. The topological polar surface area (TPSA) is 63.0 Å². The molecule has 4 nitrogen and oxygen atoms in total. The van der Waals surface area contributed by atoms with Crippen LogP contribution in [0, 0.1) is 11.3 Å². The molecule has 0 aliphatic carbocycles. The number of carbonyl (C=O) groups is 1. The van der Waals surface area contributed by atoms with Gasteiger partial charge in [-0.2, -0.15) is 18.4 Å². The van der Waals surface area contributed by atoms with E-state index in [4.69, 9.17) is 5.26 Å². The van der Waals surface area contributed by atoms with E-state index < -0.39 is 41.1 Å². The number of aromatic nitrogens is 1. The molecule has 1 heterocycles. The number of esters is 1. The molecule has 0 aliphatic rings. The number of halogens is 5. The van der Waals surface area contributed by atoms with Crippen molar-refractivity contribution < 1.29 is 31.5 Å². The molecule has 0 saturated heterocycles. The van der Waals surface area contributed by atoms with Crippen LogP contribution in [0.15, 0.2) is 6.07 Å². The smallest absolute Gasteiger partial charge is 0.417 e. The number of nitriles is 1. The molecule has 0 aliphatic heterocycles. The third-order valence-corrected chi connectivity index (χ3v) is 2.06. The van der Waals surface area contributed by atoms with Crippen LogP contribution in [0.25, 0.3) is 0 Å². The molecule has 1 aromatic heterocycles. The summed E-state index contributed by atoms with van der Waals surface area (Å²) >= 11 is 0. The Kier molecular flexibility index (Phi) is 4.04. The summed E-state index contributed by atoms with van der Waals surface area (Å²) in [6.07, 6.45) is -8.55. The quantitative estimate of drug-likeness (QED) is 0.617. The summed E-state index contributed by atoms with van der Waals surface area (Å²) in [5.74, 6) is -1.60. The van der Waals surface area contributed by atoms with Crippen molar-refractivity contribution in [3.63, 3.8) is 0 Å². The first-order valence-electron chi connectivity index (χ1n) is 4.61. The molecule has 0 fully saturated rings. The highest BCUT2D eigenvalue weighted by Gasteiger charge is 2.39. The first-order chi connectivity index (χ1) is 8.72. The summed E-state index contributed by atoms with van der Waals surface area (Å²) < 4.78 is 67.5. The molecular formula is C10H5F5N2O2. The predicted octanol–water partition coefficient (Wildman–Crippen LogP) is 2.70. The average molecular weight is 280 g/mol. The Bertz CT molecular complexity index is 548. The van der Waals surface area contributed by atoms with Crippen molar-refractivity contribution in [1.29, 1.82) is 5.26 Å². The molecule has 1 aromatic rings. The number of alkyl halides is 5. The Morgan fingerprint density at radius 2 is 2.05 bits per heavy atom. The minimum atomic E-state index is -5.10. The lowest BCUT2D eigenvalue weighted by atomic mass is 10.0. The van der Waals surface area contributed by atoms with Crippen molar-refractivity contribution in [3.8, 4) is 6.07 Å². The highest BCUT2D eigenvalue weighted by Crippen LogP contribution is 2.36. The molecule has 0 amide bonds. The zero-order valence-electron chi connectivity index (χ0n) is 9.26. The second-order valence-electron chi connectivity index (χ2n) is 3.22. The van der Waals surface area contributed by atoms with E-state index in [1.807, 2.05) is 0 Å². The van der Waals surface area contributed by atoms with Gasteiger partial charge in [0.15, 0.2) is 0 Å². The van der Waals surface area contributed by atoms with Gasteiger partial charge in [0.2, 0.25) is 0 Å². The SMILES string of the molecule is COC(=O)c1c(C(F)(F)F)cc(C#N)nc1C(F)F. The van der Waals surface area contributed by atoms with Gasteiger partial charge < -0.3 is 4.74 Å².